The molecule has 0 saturated heterocycles. The summed E-state index contributed by atoms with van der Waals surface area (Å²) in [6.45, 7) is 9.91. The van der Waals surface area contributed by atoms with Crippen LogP contribution in [0.2, 0.25) is 0 Å². The van der Waals surface area contributed by atoms with E-state index in [0.29, 0.717) is 19.8 Å². The molecule has 0 aromatic carbocycles. The van der Waals surface area contributed by atoms with Crippen LogP contribution in [-0.4, -0.2) is 25.7 Å². The summed E-state index contributed by atoms with van der Waals surface area (Å²) in [5.74, 6) is 0.124. The molecule has 0 rings (SSSR count). The molecular weight excluding hydrogens is 178 g/mol. The summed E-state index contributed by atoms with van der Waals surface area (Å²) < 4.78 is 5.14. The number of carbonyl (C=O) groups is 1. The van der Waals surface area contributed by atoms with Crippen molar-refractivity contribution in [1.82, 2.24) is 5.32 Å². The Bertz CT molecular complexity index is 167. The smallest absolute Gasteiger partial charge is 0.225 e. The molecule has 0 bridgehead atoms. The minimum atomic E-state index is -0.249. The van der Waals surface area contributed by atoms with Crippen LogP contribution in [0.25, 0.3) is 0 Å². The summed E-state index contributed by atoms with van der Waals surface area (Å²) in [5, 5.41) is 2.88. The van der Waals surface area contributed by atoms with Gasteiger partial charge in [-0.15, -0.1) is 0 Å². The quantitative estimate of drug-likeness (QED) is 0.639. The molecule has 3 heteroatoms. The van der Waals surface area contributed by atoms with Gasteiger partial charge in [0.05, 0.1) is 6.61 Å². The summed E-state index contributed by atoms with van der Waals surface area (Å²) in [6.07, 6.45) is 1.96. The average molecular weight is 201 g/mol. The van der Waals surface area contributed by atoms with Gasteiger partial charge in [0.25, 0.3) is 0 Å². The molecule has 14 heavy (non-hydrogen) atoms. The van der Waals surface area contributed by atoms with Gasteiger partial charge in [-0.05, 0) is 13.3 Å². The molecule has 0 unspecified atom stereocenters. The van der Waals surface area contributed by atoms with Crippen molar-refractivity contribution in [2.75, 3.05) is 19.8 Å². The first-order valence-electron chi connectivity index (χ1n) is 5.40. The minimum absolute atomic E-state index is 0.124. The van der Waals surface area contributed by atoms with Crippen molar-refractivity contribution < 1.29 is 9.53 Å². The predicted molar refractivity (Wildman–Crippen MR) is 58.2 cm³/mol. The third-order valence-corrected chi connectivity index (χ3v) is 2.23. The number of ether oxygens (including phenoxy) is 1. The maximum atomic E-state index is 11.7. The van der Waals surface area contributed by atoms with Crippen LogP contribution in [0.4, 0.5) is 0 Å². The molecule has 1 N–H and O–H groups in total. The lowest BCUT2D eigenvalue weighted by Crippen LogP contribution is -2.38. The zero-order chi connectivity index (χ0) is 11.0. The Morgan fingerprint density at radius 3 is 2.50 bits per heavy atom. The van der Waals surface area contributed by atoms with Gasteiger partial charge in [-0.25, -0.2) is 0 Å². The molecule has 0 aliphatic carbocycles. The van der Waals surface area contributed by atoms with Crippen LogP contribution >= 0.6 is 0 Å². The second kappa shape index (κ2) is 6.82. The number of carbonyl (C=O) groups excluding carboxylic acids is 1. The van der Waals surface area contributed by atoms with Crippen LogP contribution in [-0.2, 0) is 9.53 Å². The second-order valence-electron chi connectivity index (χ2n) is 4.09. The Hall–Kier alpha value is -0.570. The summed E-state index contributed by atoms with van der Waals surface area (Å²) in [7, 11) is 0. The third-order valence-electron chi connectivity index (χ3n) is 2.23. The maximum Gasteiger partial charge on any atom is 0.225 e. The van der Waals surface area contributed by atoms with E-state index in [2.05, 4.69) is 12.2 Å². The van der Waals surface area contributed by atoms with E-state index in [9.17, 15) is 4.79 Å². The van der Waals surface area contributed by atoms with Crippen molar-refractivity contribution in [2.45, 2.75) is 40.5 Å². The standard InChI is InChI=1S/C11H23NO2/c1-5-7-11(3,4)10(13)12-8-9-14-6-2/h5-9H2,1-4H3,(H,12,13). The molecule has 0 aliphatic rings. The molecule has 0 aliphatic heterocycles. The highest BCUT2D eigenvalue weighted by Gasteiger charge is 2.25. The van der Waals surface area contributed by atoms with Gasteiger partial charge in [-0.1, -0.05) is 27.2 Å². The number of nitrogens with one attached hydrogen (secondary N) is 1. The lowest BCUT2D eigenvalue weighted by Gasteiger charge is -2.22. The minimum Gasteiger partial charge on any atom is -0.380 e. The zero-order valence-corrected chi connectivity index (χ0v) is 9.85. The van der Waals surface area contributed by atoms with E-state index >= 15 is 0 Å². The molecule has 0 heterocycles. The van der Waals surface area contributed by atoms with Crippen molar-refractivity contribution in [2.24, 2.45) is 5.41 Å². The Morgan fingerprint density at radius 1 is 1.36 bits per heavy atom. The highest BCUT2D eigenvalue weighted by atomic mass is 16.5. The highest BCUT2D eigenvalue weighted by Crippen LogP contribution is 2.21. The fraction of sp³-hybridized carbons (Fsp3) is 0.909. The van der Waals surface area contributed by atoms with Crippen LogP contribution in [0.15, 0.2) is 0 Å². The van der Waals surface area contributed by atoms with E-state index in [1.807, 2.05) is 20.8 Å². The van der Waals surface area contributed by atoms with Gasteiger partial charge in [0.15, 0.2) is 0 Å². The van der Waals surface area contributed by atoms with Gasteiger partial charge in [0.2, 0.25) is 5.91 Å². The normalized spacial score (nSPS) is 11.4. The molecular formula is C11H23NO2. The molecule has 0 atom stereocenters. The third kappa shape index (κ3) is 5.22. The van der Waals surface area contributed by atoms with Crippen LogP contribution in [0.3, 0.4) is 0 Å². The van der Waals surface area contributed by atoms with Crippen molar-refractivity contribution in [3.8, 4) is 0 Å². The predicted octanol–water partition coefficient (Wildman–Crippen LogP) is 1.97. The first kappa shape index (κ1) is 13.4. The van der Waals surface area contributed by atoms with E-state index in [0.717, 1.165) is 12.8 Å². The molecule has 1 amide bonds. The first-order chi connectivity index (χ1) is 6.54. The van der Waals surface area contributed by atoms with Crippen molar-refractivity contribution >= 4 is 5.91 Å². The molecule has 0 radical (unpaired) electrons. The number of hydrogen-bond donors (Lipinski definition) is 1. The maximum absolute atomic E-state index is 11.7. The molecule has 0 saturated carbocycles. The monoisotopic (exact) mass is 201 g/mol. The summed E-state index contributed by atoms with van der Waals surface area (Å²) in [4.78, 5) is 11.7. The Morgan fingerprint density at radius 2 is 2.00 bits per heavy atom. The molecule has 3 nitrogen and oxygen atoms in total. The van der Waals surface area contributed by atoms with Crippen LogP contribution in [0, 0.1) is 5.41 Å². The van der Waals surface area contributed by atoms with E-state index in [4.69, 9.17) is 4.74 Å². The van der Waals surface area contributed by atoms with Gasteiger partial charge in [0.1, 0.15) is 0 Å². The summed E-state index contributed by atoms with van der Waals surface area (Å²) >= 11 is 0. The van der Waals surface area contributed by atoms with Crippen LogP contribution < -0.4 is 5.32 Å². The van der Waals surface area contributed by atoms with Crippen LogP contribution in [0.1, 0.15) is 40.5 Å². The number of rotatable bonds is 7. The molecule has 84 valence electrons. The lowest BCUT2D eigenvalue weighted by atomic mass is 9.87. The van der Waals surface area contributed by atoms with Gasteiger partial charge < -0.3 is 10.1 Å². The SMILES string of the molecule is CCCC(C)(C)C(=O)NCCOCC. The van der Waals surface area contributed by atoms with E-state index in [1.165, 1.54) is 0 Å². The topological polar surface area (TPSA) is 38.3 Å². The van der Waals surface area contributed by atoms with Crippen molar-refractivity contribution in [3.05, 3.63) is 0 Å². The first-order valence-corrected chi connectivity index (χ1v) is 5.40. The van der Waals surface area contributed by atoms with E-state index in [-0.39, 0.29) is 11.3 Å². The van der Waals surface area contributed by atoms with Gasteiger partial charge in [0, 0.05) is 18.6 Å². The Balaban J connectivity index is 3.71. The highest BCUT2D eigenvalue weighted by molar-refractivity contribution is 5.81. The molecule has 0 spiro atoms. The van der Waals surface area contributed by atoms with Gasteiger partial charge >= 0.3 is 0 Å². The summed E-state index contributed by atoms with van der Waals surface area (Å²) in [5.41, 5.74) is -0.249. The lowest BCUT2D eigenvalue weighted by molar-refractivity contribution is -0.129. The Kier molecular flexibility index (Phi) is 6.54. The fourth-order valence-electron chi connectivity index (χ4n) is 1.36. The van der Waals surface area contributed by atoms with Gasteiger partial charge in [-0.2, -0.15) is 0 Å². The fourth-order valence-corrected chi connectivity index (χ4v) is 1.36. The number of amides is 1. The summed E-state index contributed by atoms with van der Waals surface area (Å²) in [6, 6.07) is 0. The zero-order valence-electron chi connectivity index (χ0n) is 9.85. The largest absolute Gasteiger partial charge is 0.380 e. The molecule has 0 fully saturated rings. The van der Waals surface area contributed by atoms with Crippen molar-refractivity contribution in [1.29, 1.82) is 0 Å². The van der Waals surface area contributed by atoms with Crippen molar-refractivity contribution in [3.63, 3.8) is 0 Å². The molecule has 0 aromatic rings. The Labute approximate surface area is 87.2 Å². The van der Waals surface area contributed by atoms with Crippen LogP contribution in [0.5, 0.6) is 0 Å². The average Bonchev–Trinajstić information content (AvgIpc) is 2.12. The second-order valence-corrected chi connectivity index (χ2v) is 4.09. The van der Waals surface area contributed by atoms with Gasteiger partial charge in [-0.3, -0.25) is 4.79 Å². The van der Waals surface area contributed by atoms with E-state index in [1.54, 1.807) is 0 Å². The van der Waals surface area contributed by atoms with E-state index < -0.39 is 0 Å². The number of hydrogen-bond acceptors (Lipinski definition) is 2. The molecule has 0 aromatic heterocycles.